The van der Waals surface area contributed by atoms with Crippen LogP contribution in [0.25, 0.3) is 5.65 Å². The summed E-state index contributed by atoms with van der Waals surface area (Å²) in [5, 5.41) is 9.90. The molecule has 1 amide bonds. The Morgan fingerprint density at radius 1 is 1.58 bits per heavy atom. The van der Waals surface area contributed by atoms with Crippen molar-refractivity contribution in [3.63, 3.8) is 0 Å². The molecule has 1 saturated carbocycles. The number of halogens is 1. The monoisotopic (exact) mass is 263 g/mol. The highest BCUT2D eigenvalue weighted by Gasteiger charge is 2.39. The van der Waals surface area contributed by atoms with Gasteiger partial charge in [-0.1, -0.05) is 0 Å². The first-order chi connectivity index (χ1) is 9.10. The predicted molar refractivity (Wildman–Crippen MR) is 68.0 cm³/mol. The zero-order valence-electron chi connectivity index (χ0n) is 10.6. The number of alkyl halides is 1. The topological polar surface area (TPSA) is 71.3 Å². The Kier molecular flexibility index (Phi) is 2.62. The largest absolute Gasteiger partial charge is 0.385 e. The van der Waals surface area contributed by atoms with Gasteiger partial charge in [-0.3, -0.25) is 4.79 Å². The Hall–Kier alpha value is -2.18. The van der Waals surface area contributed by atoms with Crippen molar-refractivity contribution in [2.75, 3.05) is 12.4 Å². The minimum Gasteiger partial charge on any atom is -0.385 e. The van der Waals surface area contributed by atoms with E-state index in [4.69, 9.17) is 0 Å². The van der Waals surface area contributed by atoms with E-state index in [2.05, 4.69) is 20.7 Å². The molecule has 0 unspecified atom stereocenters. The molecule has 0 saturated heterocycles. The molecule has 0 bridgehead atoms. The SMILES string of the molecule is CNc1cc(C)nn2c(C(=O)N[C@@H]3C[C@@H]3F)cnc12. The highest BCUT2D eigenvalue weighted by atomic mass is 19.1. The van der Waals surface area contributed by atoms with Gasteiger partial charge >= 0.3 is 0 Å². The Labute approximate surface area is 109 Å². The maximum Gasteiger partial charge on any atom is 0.271 e. The summed E-state index contributed by atoms with van der Waals surface area (Å²) < 4.78 is 14.3. The van der Waals surface area contributed by atoms with Crippen LogP contribution >= 0.6 is 0 Å². The van der Waals surface area contributed by atoms with Crippen LogP contribution in [0.1, 0.15) is 22.6 Å². The first-order valence-electron chi connectivity index (χ1n) is 6.08. The van der Waals surface area contributed by atoms with Gasteiger partial charge in [0.25, 0.3) is 5.91 Å². The molecule has 2 aromatic heterocycles. The number of fused-ring (bicyclic) bond motifs is 1. The van der Waals surface area contributed by atoms with Gasteiger partial charge in [-0.2, -0.15) is 5.10 Å². The lowest BCUT2D eigenvalue weighted by Crippen LogP contribution is -2.28. The highest BCUT2D eigenvalue weighted by Crippen LogP contribution is 2.25. The average molecular weight is 263 g/mol. The molecule has 19 heavy (non-hydrogen) atoms. The van der Waals surface area contributed by atoms with Crippen LogP contribution in [0.2, 0.25) is 0 Å². The van der Waals surface area contributed by atoms with Gasteiger partial charge in [-0.15, -0.1) is 0 Å². The van der Waals surface area contributed by atoms with E-state index in [-0.39, 0.29) is 11.9 Å². The number of amides is 1. The van der Waals surface area contributed by atoms with E-state index in [0.717, 1.165) is 11.4 Å². The van der Waals surface area contributed by atoms with Crippen molar-refractivity contribution in [2.45, 2.75) is 25.6 Å². The predicted octanol–water partition coefficient (Wildman–Crippen LogP) is 0.920. The van der Waals surface area contributed by atoms with Gasteiger partial charge in [0.2, 0.25) is 0 Å². The number of nitrogens with zero attached hydrogens (tertiary/aromatic N) is 3. The molecule has 1 fully saturated rings. The number of hydrogen-bond donors (Lipinski definition) is 2. The maximum absolute atomic E-state index is 12.8. The van der Waals surface area contributed by atoms with Crippen molar-refractivity contribution in [1.82, 2.24) is 19.9 Å². The number of carbonyl (C=O) groups is 1. The van der Waals surface area contributed by atoms with Gasteiger partial charge < -0.3 is 10.6 Å². The first-order valence-corrected chi connectivity index (χ1v) is 6.08. The lowest BCUT2D eigenvalue weighted by atomic mass is 10.3. The summed E-state index contributed by atoms with van der Waals surface area (Å²) in [6.45, 7) is 1.83. The lowest BCUT2D eigenvalue weighted by Gasteiger charge is -2.06. The minimum absolute atomic E-state index is 0.314. The standard InChI is InChI=1S/C12H14FN5O/c1-6-3-9(14-2)11-15-5-10(18(11)17-6)12(19)16-8-4-7(8)13/h3,5,7-8,14H,4H2,1-2H3,(H,16,19)/t7-,8+/m0/s1. The van der Waals surface area contributed by atoms with Crippen LogP contribution in [0.4, 0.5) is 10.1 Å². The number of nitrogens with one attached hydrogen (secondary N) is 2. The summed E-state index contributed by atoms with van der Waals surface area (Å²) in [6.07, 6.45) is 0.912. The fourth-order valence-electron chi connectivity index (χ4n) is 1.99. The van der Waals surface area contributed by atoms with Crippen LogP contribution in [0.15, 0.2) is 12.3 Å². The van der Waals surface area contributed by atoms with Gasteiger partial charge in [-0.05, 0) is 13.0 Å². The summed E-state index contributed by atoms with van der Waals surface area (Å²) in [5.74, 6) is -0.349. The maximum atomic E-state index is 12.8. The van der Waals surface area contributed by atoms with Crippen molar-refractivity contribution in [3.05, 3.63) is 23.7 Å². The van der Waals surface area contributed by atoms with Gasteiger partial charge in [0.05, 0.1) is 23.6 Å². The van der Waals surface area contributed by atoms with Crippen LogP contribution in [0, 0.1) is 6.92 Å². The molecule has 0 radical (unpaired) electrons. The Balaban J connectivity index is 1.99. The molecule has 2 aromatic rings. The zero-order chi connectivity index (χ0) is 13.6. The molecule has 6 nitrogen and oxygen atoms in total. The van der Waals surface area contributed by atoms with Gasteiger partial charge in [0.1, 0.15) is 6.17 Å². The summed E-state index contributed by atoms with van der Waals surface area (Å²) in [6, 6.07) is 1.48. The normalized spacial score (nSPS) is 21.4. The smallest absolute Gasteiger partial charge is 0.271 e. The van der Waals surface area contributed by atoms with Crippen molar-refractivity contribution in [2.24, 2.45) is 0 Å². The number of rotatable bonds is 3. The number of anilines is 1. The van der Waals surface area contributed by atoms with Gasteiger partial charge in [0, 0.05) is 13.5 Å². The lowest BCUT2D eigenvalue weighted by molar-refractivity contribution is 0.0940. The summed E-state index contributed by atoms with van der Waals surface area (Å²) >= 11 is 0. The van der Waals surface area contributed by atoms with Crippen molar-refractivity contribution >= 4 is 17.2 Å². The second-order valence-corrected chi connectivity index (χ2v) is 4.66. The molecule has 1 aliphatic carbocycles. The van der Waals surface area contributed by atoms with Crippen molar-refractivity contribution < 1.29 is 9.18 Å². The minimum atomic E-state index is -0.925. The van der Waals surface area contributed by atoms with Gasteiger partial charge in [-0.25, -0.2) is 13.9 Å². The molecular formula is C12H14FN5O. The number of imidazole rings is 1. The van der Waals surface area contributed by atoms with E-state index >= 15 is 0 Å². The van der Waals surface area contributed by atoms with Crippen molar-refractivity contribution in [3.8, 4) is 0 Å². The summed E-state index contributed by atoms with van der Waals surface area (Å²) in [4.78, 5) is 16.2. The molecule has 7 heteroatoms. The molecule has 0 spiro atoms. The molecule has 0 aromatic carbocycles. The quantitative estimate of drug-likeness (QED) is 0.863. The molecular weight excluding hydrogens is 249 g/mol. The average Bonchev–Trinajstić information content (AvgIpc) is 2.90. The van der Waals surface area contributed by atoms with E-state index in [9.17, 15) is 9.18 Å². The van der Waals surface area contributed by atoms with E-state index in [1.807, 2.05) is 13.0 Å². The Morgan fingerprint density at radius 3 is 2.95 bits per heavy atom. The number of carbonyl (C=O) groups excluding carboxylic acids is 1. The molecule has 2 heterocycles. The highest BCUT2D eigenvalue weighted by molar-refractivity contribution is 5.94. The first kappa shape index (κ1) is 11.9. The number of hydrogen-bond acceptors (Lipinski definition) is 4. The van der Waals surface area contributed by atoms with E-state index in [1.165, 1.54) is 10.7 Å². The number of aromatic nitrogens is 3. The Morgan fingerprint density at radius 2 is 2.32 bits per heavy atom. The van der Waals surface area contributed by atoms with Crippen LogP contribution in [-0.2, 0) is 0 Å². The van der Waals surface area contributed by atoms with Crippen molar-refractivity contribution in [1.29, 1.82) is 0 Å². The van der Waals surface area contributed by atoms with E-state index in [0.29, 0.717) is 17.8 Å². The second kappa shape index (κ2) is 4.18. The molecule has 100 valence electrons. The molecule has 0 aliphatic heterocycles. The van der Waals surface area contributed by atoms with E-state index in [1.54, 1.807) is 7.05 Å². The number of aryl methyl sites for hydroxylation is 1. The molecule has 3 rings (SSSR count). The van der Waals surface area contributed by atoms with E-state index < -0.39 is 6.17 Å². The third-order valence-electron chi connectivity index (χ3n) is 3.12. The van der Waals surface area contributed by atoms with Crippen LogP contribution in [0.5, 0.6) is 0 Å². The Bertz CT molecular complexity index is 653. The molecule has 1 aliphatic rings. The third-order valence-corrected chi connectivity index (χ3v) is 3.12. The summed E-state index contributed by atoms with van der Waals surface area (Å²) in [5.41, 5.74) is 2.44. The second-order valence-electron chi connectivity index (χ2n) is 4.66. The molecule has 2 N–H and O–H groups in total. The molecule has 2 atom stereocenters. The fraction of sp³-hybridized carbons (Fsp3) is 0.417. The van der Waals surface area contributed by atoms with Crippen LogP contribution in [-0.4, -0.2) is 39.8 Å². The third kappa shape index (κ3) is 2.00. The zero-order valence-corrected chi connectivity index (χ0v) is 10.6. The van der Waals surface area contributed by atoms with Crippen LogP contribution < -0.4 is 10.6 Å². The van der Waals surface area contributed by atoms with Gasteiger partial charge in [0.15, 0.2) is 11.3 Å². The fourth-order valence-corrected chi connectivity index (χ4v) is 1.99. The summed E-state index contributed by atoms with van der Waals surface area (Å²) in [7, 11) is 1.78. The van der Waals surface area contributed by atoms with Crippen LogP contribution in [0.3, 0.4) is 0 Å².